The van der Waals surface area contributed by atoms with Gasteiger partial charge in [-0.3, -0.25) is 0 Å². The molecule has 0 aliphatic carbocycles. The van der Waals surface area contributed by atoms with Crippen molar-refractivity contribution in [1.29, 1.82) is 5.26 Å². The summed E-state index contributed by atoms with van der Waals surface area (Å²) in [4.78, 5) is 0. The maximum atomic E-state index is 13.2. The van der Waals surface area contributed by atoms with Gasteiger partial charge in [0.05, 0.1) is 12.5 Å². The van der Waals surface area contributed by atoms with E-state index in [0.717, 1.165) is 0 Å². The van der Waals surface area contributed by atoms with Crippen molar-refractivity contribution in [2.75, 3.05) is 0 Å². The summed E-state index contributed by atoms with van der Waals surface area (Å²) < 4.78 is 53.2. The van der Waals surface area contributed by atoms with E-state index in [0.29, 0.717) is 16.7 Å². The maximum absolute atomic E-state index is 13.2. The SMILES string of the molecule is N#CCc1cc(F)ccc1-c1ccc(OC(F)(F)F)cc1. The molecule has 2 aromatic rings. The highest BCUT2D eigenvalue weighted by molar-refractivity contribution is 5.68. The average molecular weight is 295 g/mol. The second-order valence-corrected chi connectivity index (χ2v) is 4.21. The van der Waals surface area contributed by atoms with E-state index in [1.807, 2.05) is 6.07 Å². The molecular weight excluding hydrogens is 286 g/mol. The van der Waals surface area contributed by atoms with Crippen LogP contribution in [0.1, 0.15) is 5.56 Å². The molecule has 0 heterocycles. The van der Waals surface area contributed by atoms with Gasteiger partial charge in [0.2, 0.25) is 0 Å². The Morgan fingerprint density at radius 3 is 2.29 bits per heavy atom. The second-order valence-electron chi connectivity index (χ2n) is 4.21. The molecule has 0 N–H and O–H groups in total. The van der Waals surface area contributed by atoms with Gasteiger partial charge >= 0.3 is 6.36 Å². The summed E-state index contributed by atoms with van der Waals surface area (Å²) in [6.07, 6.45) is -4.74. The number of alkyl halides is 3. The van der Waals surface area contributed by atoms with Crippen LogP contribution in [0.3, 0.4) is 0 Å². The molecule has 6 heteroatoms. The van der Waals surface area contributed by atoms with Gasteiger partial charge in [-0.15, -0.1) is 13.2 Å². The largest absolute Gasteiger partial charge is 0.573 e. The fourth-order valence-corrected chi connectivity index (χ4v) is 1.91. The van der Waals surface area contributed by atoms with Crippen LogP contribution in [0.2, 0.25) is 0 Å². The lowest BCUT2D eigenvalue weighted by Gasteiger charge is -2.11. The molecule has 0 unspecified atom stereocenters. The quantitative estimate of drug-likeness (QED) is 0.783. The zero-order valence-electron chi connectivity index (χ0n) is 10.6. The Balaban J connectivity index is 2.33. The van der Waals surface area contributed by atoms with E-state index in [1.54, 1.807) is 0 Å². The van der Waals surface area contributed by atoms with Crippen LogP contribution in [0.15, 0.2) is 42.5 Å². The fourth-order valence-electron chi connectivity index (χ4n) is 1.91. The van der Waals surface area contributed by atoms with Gasteiger partial charge in [-0.25, -0.2) is 4.39 Å². The first-order chi connectivity index (χ1) is 9.89. The van der Waals surface area contributed by atoms with Crippen LogP contribution in [0, 0.1) is 17.1 Å². The molecule has 21 heavy (non-hydrogen) atoms. The molecule has 108 valence electrons. The molecule has 2 rings (SSSR count). The lowest BCUT2D eigenvalue weighted by molar-refractivity contribution is -0.274. The van der Waals surface area contributed by atoms with E-state index in [4.69, 9.17) is 5.26 Å². The molecule has 0 radical (unpaired) electrons. The van der Waals surface area contributed by atoms with Crippen molar-refractivity contribution in [2.45, 2.75) is 12.8 Å². The molecule has 0 fully saturated rings. The third-order valence-corrected chi connectivity index (χ3v) is 2.74. The molecule has 0 atom stereocenters. The molecule has 0 aliphatic rings. The predicted molar refractivity (Wildman–Crippen MR) is 67.8 cm³/mol. The summed E-state index contributed by atoms with van der Waals surface area (Å²) in [5.74, 6) is -0.809. The van der Waals surface area contributed by atoms with Crippen LogP contribution in [0.25, 0.3) is 11.1 Å². The van der Waals surface area contributed by atoms with Gasteiger partial charge in [-0.2, -0.15) is 5.26 Å². The highest BCUT2D eigenvalue weighted by Crippen LogP contribution is 2.29. The molecule has 0 aliphatic heterocycles. The molecule has 0 aromatic heterocycles. The number of hydrogen-bond acceptors (Lipinski definition) is 2. The van der Waals surface area contributed by atoms with Crippen LogP contribution in [0.4, 0.5) is 17.6 Å². The topological polar surface area (TPSA) is 33.0 Å². The average Bonchev–Trinajstić information content (AvgIpc) is 2.39. The third kappa shape index (κ3) is 3.96. The molecule has 0 amide bonds. The zero-order valence-corrected chi connectivity index (χ0v) is 10.6. The van der Waals surface area contributed by atoms with Crippen molar-refractivity contribution >= 4 is 0 Å². The normalized spacial score (nSPS) is 11.0. The number of rotatable bonds is 3. The van der Waals surface area contributed by atoms with Crippen LogP contribution < -0.4 is 4.74 Å². The van der Waals surface area contributed by atoms with Crippen molar-refractivity contribution in [3.63, 3.8) is 0 Å². The van der Waals surface area contributed by atoms with Gasteiger partial charge in [0, 0.05) is 0 Å². The molecule has 0 saturated heterocycles. The molecular formula is C15H9F4NO. The number of nitrogens with zero attached hydrogens (tertiary/aromatic N) is 1. The zero-order chi connectivity index (χ0) is 15.5. The molecule has 0 saturated carbocycles. The Kier molecular flexibility index (Phi) is 4.13. The van der Waals surface area contributed by atoms with Gasteiger partial charge in [0.1, 0.15) is 11.6 Å². The Hall–Kier alpha value is -2.55. The predicted octanol–water partition coefficient (Wildman–Crippen LogP) is 4.46. The second kappa shape index (κ2) is 5.83. The van der Waals surface area contributed by atoms with Crippen LogP contribution in [-0.4, -0.2) is 6.36 Å². The van der Waals surface area contributed by atoms with E-state index in [9.17, 15) is 17.6 Å². The van der Waals surface area contributed by atoms with Crippen molar-refractivity contribution in [3.8, 4) is 22.9 Å². The van der Waals surface area contributed by atoms with Crippen molar-refractivity contribution < 1.29 is 22.3 Å². The first-order valence-corrected chi connectivity index (χ1v) is 5.90. The van der Waals surface area contributed by atoms with Crippen molar-refractivity contribution in [1.82, 2.24) is 0 Å². The van der Waals surface area contributed by atoms with Gasteiger partial charge in [-0.1, -0.05) is 18.2 Å². The maximum Gasteiger partial charge on any atom is 0.573 e. The number of nitriles is 1. The standard InChI is InChI=1S/C15H9F4NO/c16-12-3-6-14(11(9-12)7-8-20)10-1-4-13(5-2-10)21-15(17,18)19/h1-6,9H,7H2. The summed E-state index contributed by atoms with van der Waals surface area (Å²) in [7, 11) is 0. The third-order valence-electron chi connectivity index (χ3n) is 2.74. The molecule has 0 spiro atoms. The van der Waals surface area contributed by atoms with Gasteiger partial charge in [0.25, 0.3) is 0 Å². The Morgan fingerprint density at radius 1 is 1.05 bits per heavy atom. The molecule has 2 nitrogen and oxygen atoms in total. The van der Waals surface area contributed by atoms with E-state index < -0.39 is 12.2 Å². The first kappa shape index (κ1) is 14.9. The first-order valence-electron chi connectivity index (χ1n) is 5.90. The Labute approximate surface area is 118 Å². The summed E-state index contributed by atoms with van der Waals surface area (Å²) in [5.41, 5.74) is 1.65. The minimum atomic E-state index is -4.75. The fraction of sp³-hybridized carbons (Fsp3) is 0.133. The van der Waals surface area contributed by atoms with Gasteiger partial charge in [0.15, 0.2) is 0 Å². The summed E-state index contributed by atoms with van der Waals surface area (Å²) in [6, 6.07) is 11.1. The van der Waals surface area contributed by atoms with Gasteiger partial charge in [-0.05, 0) is 41.0 Å². The lowest BCUT2D eigenvalue weighted by atomic mass is 9.98. The van der Waals surface area contributed by atoms with E-state index in [-0.39, 0.29) is 12.2 Å². The number of hydrogen-bond donors (Lipinski definition) is 0. The lowest BCUT2D eigenvalue weighted by Crippen LogP contribution is -2.16. The number of ether oxygens (including phenoxy) is 1. The summed E-state index contributed by atoms with van der Waals surface area (Å²) >= 11 is 0. The van der Waals surface area contributed by atoms with E-state index in [1.165, 1.54) is 42.5 Å². The van der Waals surface area contributed by atoms with Crippen LogP contribution in [-0.2, 0) is 6.42 Å². The van der Waals surface area contributed by atoms with Crippen molar-refractivity contribution in [2.24, 2.45) is 0 Å². The minimum absolute atomic E-state index is 0.00783. The van der Waals surface area contributed by atoms with E-state index >= 15 is 0 Å². The highest BCUT2D eigenvalue weighted by Gasteiger charge is 2.30. The summed E-state index contributed by atoms with van der Waals surface area (Å²) in [6.45, 7) is 0. The Bertz CT molecular complexity index is 672. The number of halogens is 4. The minimum Gasteiger partial charge on any atom is -0.406 e. The Morgan fingerprint density at radius 2 is 1.71 bits per heavy atom. The monoisotopic (exact) mass is 295 g/mol. The highest BCUT2D eigenvalue weighted by atomic mass is 19.4. The van der Waals surface area contributed by atoms with Crippen LogP contribution >= 0.6 is 0 Å². The number of benzene rings is 2. The van der Waals surface area contributed by atoms with Crippen molar-refractivity contribution in [3.05, 3.63) is 53.8 Å². The van der Waals surface area contributed by atoms with Crippen LogP contribution in [0.5, 0.6) is 5.75 Å². The smallest absolute Gasteiger partial charge is 0.406 e. The molecule has 0 bridgehead atoms. The summed E-state index contributed by atoms with van der Waals surface area (Å²) in [5, 5.41) is 8.74. The van der Waals surface area contributed by atoms with E-state index in [2.05, 4.69) is 4.74 Å². The van der Waals surface area contributed by atoms with Gasteiger partial charge < -0.3 is 4.74 Å². The molecule has 2 aromatic carbocycles.